The summed E-state index contributed by atoms with van der Waals surface area (Å²) in [7, 11) is 0. The van der Waals surface area contributed by atoms with Crippen LogP contribution in [0.25, 0.3) is 22.2 Å². The summed E-state index contributed by atoms with van der Waals surface area (Å²) in [6.45, 7) is -9.73. The lowest BCUT2D eigenvalue weighted by Crippen LogP contribution is -2.38. The molecule has 10 unspecified atom stereocenters. The van der Waals surface area contributed by atoms with E-state index in [-0.39, 0.29) is 32.3 Å². The number of anilines is 1. The van der Waals surface area contributed by atoms with Gasteiger partial charge in [-0.3, -0.25) is 27.2 Å². The Morgan fingerprint density at radius 1 is 0.891 bits per heavy atom. The number of aliphatic hydroxyl groups excluding tert-OH is 2. The average Bonchev–Trinajstić information content (AvgIpc) is 3.71. The van der Waals surface area contributed by atoms with E-state index >= 15 is 0 Å². The van der Waals surface area contributed by atoms with Gasteiger partial charge in [-0.15, -0.1) is 0 Å². The van der Waals surface area contributed by atoms with Crippen LogP contribution in [-0.2, 0) is 36.7 Å². The van der Waals surface area contributed by atoms with Crippen LogP contribution in [0.15, 0.2) is 24.8 Å². The smallest absolute Gasteiger partial charge is 0.386 e. The van der Waals surface area contributed by atoms with Gasteiger partial charge >= 0.3 is 13.6 Å². The van der Waals surface area contributed by atoms with Crippen molar-refractivity contribution >= 4 is 101 Å². The first-order valence-corrected chi connectivity index (χ1v) is 19.7. The van der Waals surface area contributed by atoms with E-state index in [2.05, 4.69) is 44.4 Å². The second-order valence-corrected chi connectivity index (χ2v) is 17.3. The number of thiol groups is 2. The van der Waals surface area contributed by atoms with Crippen LogP contribution in [0.2, 0.25) is 15.3 Å². The summed E-state index contributed by atoms with van der Waals surface area (Å²) in [4.78, 5) is 16.4. The maximum absolute atomic E-state index is 13.5. The lowest BCUT2D eigenvalue weighted by atomic mass is 10.1. The van der Waals surface area contributed by atoms with Gasteiger partial charge in [-0.25, -0.2) is 29.1 Å². The Kier molecular flexibility index (Phi) is 8.87. The highest BCUT2D eigenvalue weighted by Gasteiger charge is 2.53. The number of rotatable bonds is 2. The van der Waals surface area contributed by atoms with E-state index in [1.807, 2.05) is 0 Å². The zero-order valence-electron chi connectivity index (χ0n) is 22.7. The Morgan fingerprint density at radius 3 is 2.13 bits per heavy atom. The molecule has 3 aliphatic heterocycles. The standard InChI is InChI=1S/C22H22Cl3N7O10P2S2/c23-7-1-9-10(2-8(7)24)32(22(25)30-9)21-15(34)17-12(40-21)4-38-43(35,45)41-16-11(3-37-44(36,46)42-17)39-20(14(16)33)31-6-29-13-18(26)27-5-28-19(13)31/h1-2,5-6,11-12,14-17,20-21,33-34H,3-4H2,(H,35,45)(H,36,46)(H2,26,27,28). The molecule has 0 bridgehead atoms. The van der Waals surface area contributed by atoms with Crippen molar-refractivity contribution < 1.29 is 46.9 Å². The van der Waals surface area contributed by atoms with E-state index in [1.165, 1.54) is 33.9 Å². The molecule has 0 spiro atoms. The summed E-state index contributed by atoms with van der Waals surface area (Å²) < 4.78 is 64.1. The van der Waals surface area contributed by atoms with Crippen molar-refractivity contribution in [3.05, 3.63) is 40.1 Å². The molecule has 1 aromatic carbocycles. The van der Waals surface area contributed by atoms with Crippen LogP contribution < -0.4 is 5.73 Å². The summed E-state index contributed by atoms with van der Waals surface area (Å²) in [6.07, 6.45) is -8.37. The molecule has 0 radical (unpaired) electrons. The monoisotopic (exact) mass is 775 g/mol. The maximum Gasteiger partial charge on any atom is 0.386 e. The first-order valence-electron chi connectivity index (χ1n) is 13.2. The average molecular weight is 777 g/mol. The van der Waals surface area contributed by atoms with Crippen molar-refractivity contribution in [1.82, 2.24) is 29.1 Å². The molecule has 3 aliphatic rings. The fraction of sp³-hybridized carbons (Fsp3) is 0.455. The molecule has 6 heterocycles. The second kappa shape index (κ2) is 12.3. The number of hydrogen-bond donors (Lipinski definition) is 5. The predicted molar refractivity (Wildman–Crippen MR) is 169 cm³/mol. The minimum atomic E-state index is -4.31. The lowest BCUT2D eigenvalue weighted by molar-refractivity contribution is -0.0560. The Bertz CT molecular complexity index is 1940. The van der Waals surface area contributed by atoms with Crippen LogP contribution in [-0.4, -0.2) is 89.1 Å². The second-order valence-electron chi connectivity index (χ2n) is 10.4. The minimum Gasteiger partial charge on any atom is -0.386 e. The van der Waals surface area contributed by atoms with Crippen LogP contribution in [0.5, 0.6) is 0 Å². The lowest BCUT2D eigenvalue weighted by Gasteiger charge is -2.28. The molecule has 0 saturated carbocycles. The molecule has 3 saturated heterocycles. The number of nitrogen functional groups attached to an aromatic ring is 1. The van der Waals surface area contributed by atoms with Crippen LogP contribution in [0.1, 0.15) is 12.5 Å². The molecule has 0 amide bonds. The first-order chi connectivity index (χ1) is 21.7. The summed E-state index contributed by atoms with van der Waals surface area (Å²) >= 11 is 26.9. The van der Waals surface area contributed by atoms with Crippen LogP contribution in [0.4, 0.5) is 5.82 Å². The fourth-order valence-electron chi connectivity index (χ4n) is 5.47. The number of aromatic nitrogens is 6. The van der Waals surface area contributed by atoms with Gasteiger partial charge in [0.25, 0.3) is 0 Å². The van der Waals surface area contributed by atoms with Gasteiger partial charge < -0.3 is 25.4 Å². The van der Waals surface area contributed by atoms with Gasteiger partial charge in [-0.05, 0) is 23.7 Å². The van der Waals surface area contributed by atoms with E-state index < -0.39 is 75.9 Å². The van der Waals surface area contributed by atoms with Gasteiger partial charge in [-0.1, -0.05) is 47.7 Å². The normalized spacial score (nSPS) is 37.2. The number of hydrogen-bond acceptors (Lipinski definition) is 15. The van der Waals surface area contributed by atoms with Crippen LogP contribution in [0, 0.1) is 0 Å². The van der Waals surface area contributed by atoms with Crippen molar-refractivity contribution in [3.8, 4) is 0 Å². The topological polar surface area (TPSA) is 217 Å². The van der Waals surface area contributed by atoms with Gasteiger partial charge in [-0.2, -0.15) is 0 Å². The third-order valence-corrected chi connectivity index (χ3v) is 11.8. The van der Waals surface area contributed by atoms with Crippen molar-refractivity contribution in [1.29, 1.82) is 0 Å². The van der Waals surface area contributed by atoms with E-state index in [4.69, 9.17) is 68.1 Å². The Hall–Kier alpha value is -1.25. The highest BCUT2D eigenvalue weighted by molar-refractivity contribution is 8.44. The van der Waals surface area contributed by atoms with E-state index in [0.29, 0.717) is 11.0 Å². The van der Waals surface area contributed by atoms with Crippen LogP contribution in [0.3, 0.4) is 0 Å². The first kappa shape index (κ1) is 33.3. The fourth-order valence-corrected chi connectivity index (χ4v) is 9.05. The minimum absolute atomic E-state index is 0.0950. The summed E-state index contributed by atoms with van der Waals surface area (Å²) in [5.41, 5.74) is 7.05. The highest BCUT2D eigenvalue weighted by atomic mass is 35.5. The molecule has 17 nitrogen and oxygen atoms in total. The largest absolute Gasteiger partial charge is 0.386 e. The molecule has 7 rings (SSSR count). The van der Waals surface area contributed by atoms with Gasteiger partial charge in [0.1, 0.15) is 48.5 Å². The molecular formula is C22H22Cl3N7O10P2S2. The Morgan fingerprint density at radius 2 is 1.48 bits per heavy atom. The van der Waals surface area contributed by atoms with Gasteiger partial charge in [0, 0.05) is 0 Å². The van der Waals surface area contributed by atoms with E-state index in [9.17, 15) is 19.3 Å². The van der Waals surface area contributed by atoms with Crippen molar-refractivity contribution in [2.45, 2.75) is 49.1 Å². The molecule has 24 heteroatoms. The zero-order chi connectivity index (χ0) is 32.7. The van der Waals surface area contributed by atoms with Crippen molar-refractivity contribution in [2.24, 2.45) is 0 Å². The molecule has 10 atom stereocenters. The molecule has 4 aromatic rings. The molecule has 0 aliphatic carbocycles. The number of fused-ring (bicyclic) bond motifs is 4. The number of nitrogens with zero attached hydrogens (tertiary/aromatic N) is 6. The number of imidazole rings is 2. The highest BCUT2D eigenvalue weighted by Crippen LogP contribution is 2.60. The number of benzene rings is 1. The number of halogens is 3. The van der Waals surface area contributed by atoms with Crippen molar-refractivity contribution in [3.63, 3.8) is 0 Å². The summed E-state index contributed by atoms with van der Waals surface area (Å²) in [5.74, 6) is 0.0950. The van der Waals surface area contributed by atoms with Gasteiger partial charge in [0.05, 0.1) is 40.6 Å². The third-order valence-electron chi connectivity index (χ3n) is 7.54. The number of ether oxygens (including phenoxy) is 2. The zero-order valence-corrected chi connectivity index (χ0v) is 28.5. The van der Waals surface area contributed by atoms with E-state index in [1.54, 1.807) is 0 Å². The SMILES string of the molecule is Nc1ncnc2c1ncn2C1OC2COP(=O)(S)OC3C(COP(=O)(S)OC2C1O)OC(n1c(Cl)nc2cc(Cl)c(Cl)cc21)C3O. The Labute approximate surface area is 283 Å². The molecule has 3 fully saturated rings. The Balaban J connectivity index is 1.18. The van der Waals surface area contributed by atoms with Crippen LogP contribution >= 0.6 is 72.9 Å². The van der Waals surface area contributed by atoms with Crippen molar-refractivity contribution in [2.75, 3.05) is 18.9 Å². The summed E-state index contributed by atoms with van der Waals surface area (Å²) in [6, 6.07) is 2.96. The van der Waals surface area contributed by atoms with Gasteiger partial charge in [0.2, 0.25) is 5.28 Å². The van der Waals surface area contributed by atoms with E-state index in [0.717, 1.165) is 0 Å². The maximum atomic E-state index is 13.5. The molecule has 46 heavy (non-hydrogen) atoms. The third kappa shape index (κ3) is 5.97. The molecular weight excluding hydrogens is 755 g/mol. The summed E-state index contributed by atoms with van der Waals surface area (Å²) in [5, 5.41) is 23.0. The molecule has 248 valence electrons. The molecule has 3 aromatic heterocycles. The predicted octanol–water partition coefficient (Wildman–Crippen LogP) is 3.83. The quantitative estimate of drug-likeness (QED) is 0.144. The number of aliphatic hydroxyl groups is 2. The molecule has 4 N–H and O–H groups in total. The number of nitrogens with two attached hydrogens (primary N) is 1. The van der Waals surface area contributed by atoms with Gasteiger partial charge in [0.15, 0.2) is 23.9 Å².